The van der Waals surface area contributed by atoms with E-state index in [2.05, 4.69) is 4.99 Å². The maximum Gasteiger partial charge on any atom is 0.416 e. The molecule has 0 spiro atoms. The number of hydrogen-bond acceptors (Lipinski definition) is 3. The second kappa shape index (κ2) is 5.31. The van der Waals surface area contributed by atoms with Crippen molar-refractivity contribution < 1.29 is 13.2 Å². The maximum absolute atomic E-state index is 13.4. The van der Waals surface area contributed by atoms with Crippen LogP contribution in [0.5, 0.6) is 0 Å². The first-order valence-corrected chi connectivity index (χ1v) is 8.82. The van der Waals surface area contributed by atoms with E-state index in [1.807, 2.05) is 24.5 Å². The molecule has 2 aliphatic heterocycles. The largest absolute Gasteiger partial charge is 0.416 e. The molecule has 0 bridgehead atoms. The zero-order valence-corrected chi connectivity index (χ0v) is 13.8. The molecule has 6 heteroatoms. The molecule has 0 saturated carbocycles. The molecular formula is C17H12F3NS2. The van der Waals surface area contributed by atoms with Crippen molar-refractivity contribution in [2.24, 2.45) is 4.99 Å². The Hall–Kier alpha value is -1.40. The first-order valence-electron chi connectivity index (χ1n) is 7.13. The van der Waals surface area contributed by atoms with Gasteiger partial charge in [0, 0.05) is 16.2 Å². The number of nitrogens with zero attached hydrogens (tertiary/aromatic N) is 1. The van der Waals surface area contributed by atoms with Gasteiger partial charge in [0.05, 0.1) is 17.2 Å². The van der Waals surface area contributed by atoms with Crippen molar-refractivity contribution in [1.29, 1.82) is 0 Å². The van der Waals surface area contributed by atoms with Gasteiger partial charge in [0.15, 0.2) is 0 Å². The zero-order valence-electron chi connectivity index (χ0n) is 12.2. The lowest BCUT2D eigenvalue weighted by Gasteiger charge is -2.18. The Morgan fingerprint density at radius 2 is 1.96 bits per heavy atom. The van der Waals surface area contributed by atoms with E-state index in [0.717, 1.165) is 31.6 Å². The highest BCUT2D eigenvalue weighted by molar-refractivity contribution is 8.17. The maximum atomic E-state index is 13.4. The number of thioether (sulfide) groups is 2. The minimum absolute atomic E-state index is 0.318. The number of aliphatic imine (C=N–C) groups is 1. The number of fused-ring (bicyclic) bond motifs is 3. The van der Waals surface area contributed by atoms with Crippen LogP contribution in [0.2, 0.25) is 0 Å². The van der Waals surface area contributed by atoms with Crippen LogP contribution in [-0.2, 0) is 0 Å². The van der Waals surface area contributed by atoms with Gasteiger partial charge < -0.3 is 0 Å². The van der Waals surface area contributed by atoms with Gasteiger partial charge in [0.2, 0.25) is 0 Å². The molecular weight excluding hydrogens is 339 g/mol. The number of halogens is 3. The van der Waals surface area contributed by atoms with E-state index in [4.69, 9.17) is 0 Å². The molecule has 2 heterocycles. The summed E-state index contributed by atoms with van der Waals surface area (Å²) in [4.78, 5) is 6.21. The summed E-state index contributed by atoms with van der Waals surface area (Å²) in [6, 6.07) is 0. The molecule has 0 radical (unpaired) electrons. The molecule has 118 valence electrons. The quantitative estimate of drug-likeness (QED) is 0.557. The van der Waals surface area contributed by atoms with Crippen LogP contribution >= 0.6 is 23.5 Å². The number of allylic oxidation sites excluding steroid dienone is 8. The summed E-state index contributed by atoms with van der Waals surface area (Å²) in [5, 5.41) is 2.82. The molecule has 2 aliphatic carbocycles. The van der Waals surface area contributed by atoms with Gasteiger partial charge in [0.1, 0.15) is 0 Å². The van der Waals surface area contributed by atoms with Gasteiger partial charge in [-0.1, -0.05) is 35.7 Å². The van der Waals surface area contributed by atoms with Gasteiger partial charge in [-0.15, -0.1) is 0 Å². The van der Waals surface area contributed by atoms with Gasteiger partial charge in [-0.2, -0.15) is 13.2 Å². The summed E-state index contributed by atoms with van der Waals surface area (Å²) in [5.41, 5.74) is 2.92. The summed E-state index contributed by atoms with van der Waals surface area (Å²) in [5.74, 6) is 0. The Morgan fingerprint density at radius 3 is 2.74 bits per heavy atom. The predicted molar refractivity (Wildman–Crippen MR) is 91.3 cm³/mol. The Bertz CT molecular complexity index is 817. The van der Waals surface area contributed by atoms with Gasteiger partial charge in [-0.25, -0.2) is 0 Å². The highest BCUT2D eigenvalue weighted by atomic mass is 32.2. The van der Waals surface area contributed by atoms with E-state index in [-0.39, 0.29) is 0 Å². The van der Waals surface area contributed by atoms with Gasteiger partial charge >= 0.3 is 6.18 Å². The van der Waals surface area contributed by atoms with Crippen LogP contribution in [0.1, 0.15) is 13.3 Å². The SMILES string of the molecule is CC1=NCC2=CC(C(F)(F)F)=CC3=C4SC=CC=C4CC3=C2S1. The van der Waals surface area contributed by atoms with Crippen LogP contribution in [0.25, 0.3) is 0 Å². The van der Waals surface area contributed by atoms with Crippen LogP contribution in [0.3, 0.4) is 0 Å². The van der Waals surface area contributed by atoms with Crippen LogP contribution in [0, 0.1) is 0 Å². The summed E-state index contributed by atoms with van der Waals surface area (Å²) in [6.07, 6.45) is 2.86. The summed E-state index contributed by atoms with van der Waals surface area (Å²) < 4.78 is 40.2. The average Bonchev–Trinajstić information content (AvgIpc) is 2.77. The summed E-state index contributed by atoms with van der Waals surface area (Å²) >= 11 is 2.99. The minimum Gasteiger partial charge on any atom is -0.278 e. The lowest BCUT2D eigenvalue weighted by atomic mass is 10.1. The van der Waals surface area contributed by atoms with Crippen molar-refractivity contribution in [3.63, 3.8) is 0 Å². The molecule has 0 atom stereocenters. The first kappa shape index (κ1) is 15.1. The smallest absolute Gasteiger partial charge is 0.278 e. The lowest BCUT2D eigenvalue weighted by molar-refractivity contribution is -0.0882. The van der Waals surface area contributed by atoms with Crippen LogP contribution < -0.4 is 0 Å². The van der Waals surface area contributed by atoms with E-state index in [0.29, 0.717) is 18.5 Å². The van der Waals surface area contributed by atoms with Crippen molar-refractivity contribution in [1.82, 2.24) is 0 Å². The van der Waals surface area contributed by atoms with Gasteiger partial charge in [-0.05, 0) is 46.8 Å². The highest BCUT2D eigenvalue weighted by Crippen LogP contribution is 2.52. The molecule has 4 rings (SSSR count). The van der Waals surface area contributed by atoms with E-state index in [1.165, 1.54) is 35.7 Å². The highest BCUT2D eigenvalue weighted by Gasteiger charge is 2.38. The van der Waals surface area contributed by atoms with Gasteiger partial charge in [0.25, 0.3) is 0 Å². The Labute approximate surface area is 140 Å². The second-order valence-electron chi connectivity index (χ2n) is 5.57. The van der Waals surface area contributed by atoms with E-state index in [1.54, 1.807) is 0 Å². The van der Waals surface area contributed by atoms with Crippen molar-refractivity contribution in [3.05, 3.63) is 67.4 Å². The molecule has 0 unspecified atom stereocenters. The van der Waals surface area contributed by atoms with Crippen molar-refractivity contribution in [2.45, 2.75) is 19.5 Å². The minimum atomic E-state index is -4.36. The molecule has 0 saturated heterocycles. The van der Waals surface area contributed by atoms with Gasteiger partial charge in [-0.3, -0.25) is 4.99 Å². The van der Waals surface area contributed by atoms with Crippen LogP contribution in [0.15, 0.2) is 72.4 Å². The first-order chi connectivity index (χ1) is 10.9. The number of alkyl halides is 3. The van der Waals surface area contributed by atoms with Crippen molar-refractivity contribution >= 4 is 28.6 Å². The molecule has 0 aromatic heterocycles. The fourth-order valence-electron chi connectivity index (χ4n) is 3.00. The van der Waals surface area contributed by atoms with E-state index in [9.17, 15) is 13.2 Å². The number of hydrogen-bond donors (Lipinski definition) is 0. The third-order valence-electron chi connectivity index (χ3n) is 4.03. The molecule has 0 fully saturated rings. The topological polar surface area (TPSA) is 12.4 Å². The zero-order chi connectivity index (χ0) is 16.2. The van der Waals surface area contributed by atoms with Crippen molar-refractivity contribution in [2.75, 3.05) is 6.54 Å². The fraction of sp³-hybridized carbons (Fsp3) is 0.235. The molecule has 0 N–H and O–H groups in total. The fourth-order valence-corrected chi connectivity index (χ4v) is 4.88. The van der Waals surface area contributed by atoms with E-state index < -0.39 is 11.7 Å². The normalized spacial score (nSPS) is 23.5. The number of rotatable bonds is 0. The third-order valence-corrected chi connectivity index (χ3v) is 6.18. The second-order valence-corrected chi connectivity index (χ2v) is 7.69. The van der Waals surface area contributed by atoms with Crippen LogP contribution in [-0.4, -0.2) is 17.8 Å². The third kappa shape index (κ3) is 2.58. The molecule has 4 aliphatic rings. The van der Waals surface area contributed by atoms with Crippen molar-refractivity contribution in [3.8, 4) is 0 Å². The Morgan fingerprint density at radius 1 is 1.13 bits per heavy atom. The Balaban J connectivity index is 1.97. The summed E-state index contributed by atoms with van der Waals surface area (Å²) in [6.45, 7) is 2.22. The lowest BCUT2D eigenvalue weighted by Crippen LogP contribution is -2.11. The monoisotopic (exact) mass is 351 g/mol. The van der Waals surface area contributed by atoms with Crippen LogP contribution in [0.4, 0.5) is 13.2 Å². The Kier molecular flexibility index (Phi) is 3.50. The molecule has 0 aromatic carbocycles. The standard InChI is InChI=1S/C17H12F3NS2/c1-9-21-8-11-5-12(17(18,19)20)7-14-13(16(11)23-9)6-10-3-2-4-22-15(10)14/h2-5,7H,6,8H2,1H3. The molecule has 0 aromatic rings. The summed E-state index contributed by atoms with van der Waals surface area (Å²) in [7, 11) is 0. The molecule has 23 heavy (non-hydrogen) atoms. The molecule has 0 amide bonds. The van der Waals surface area contributed by atoms with E-state index >= 15 is 0 Å². The average molecular weight is 351 g/mol. The predicted octanol–water partition coefficient (Wildman–Crippen LogP) is 5.68. The molecule has 1 nitrogen and oxygen atoms in total.